The summed E-state index contributed by atoms with van der Waals surface area (Å²) in [5.74, 6) is 0.858. The third-order valence-electron chi connectivity index (χ3n) is 2.18. The SMILES string of the molecule is CCCc1nc(Br)cc(SC(C)C(C)O)n1. The zero-order valence-corrected chi connectivity index (χ0v) is 12.2. The van der Waals surface area contributed by atoms with Crippen LogP contribution in [-0.2, 0) is 6.42 Å². The molecular weight excluding hydrogens is 288 g/mol. The van der Waals surface area contributed by atoms with Crippen molar-refractivity contribution in [3.63, 3.8) is 0 Å². The Morgan fingerprint density at radius 2 is 2.12 bits per heavy atom. The van der Waals surface area contributed by atoms with Crippen LogP contribution in [0, 0.1) is 0 Å². The smallest absolute Gasteiger partial charge is 0.130 e. The van der Waals surface area contributed by atoms with Crippen LogP contribution in [0.15, 0.2) is 15.7 Å². The molecule has 90 valence electrons. The zero-order valence-electron chi connectivity index (χ0n) is 9.77. The Bertz CT molecular complexity index is 347. The van der Waals surface area contributed by atoms with E-state index in [1.807, 2.05) is 13.0 Å². The number of hydrogen-bond acceptors (Lipinski definition) is 4. The van der Waals surface area contributed by atoms with E-state index in [2.05, 4.69) is 32.8 Å². The van der Waals surface area contributed by atoms with Gasteiger partial charge in [0.15, 0.2) is 0 Å². The molecule has 0 radical (unpaired) electrons. The van der Waals surface area contributed by atoms with Crippen molar-refractivity contribution in [3.05, 3.63) is 16.5 Å². The largest absolute Gasteiger partial charge is 0.392 e. The van der Waals surface area contributed by atoms with Gasteiger partial charge >= 0.3 is 0 Å². The van der Waals surface area contributed by atoms with Gasteiger partial charge in [-0.15, -0.1) is 11.8 Å². The molecule has 0 aromatic carbocycles. The van der Waals surface area contributed by atoms with Crippen molar-refractivity contribution in [2.24, 2.45) is 0 Å². The molecule has 1 N–H and O–H groups in total. The first-order valence-electron chi connectivity index (χ1n) is 5.41. The van der Waals surface area contributed by atoms with Crippen molar-refractivity contribution in [1.29, 1.82) is 0 Å². The lowest BCUT2D eigenvalue weighted by atomic mass is 10.3. The van der Waals surface area contributed by atoms with Crippen molar-refractivity contribution < 1.29 is 5.11 Å². The second-order valence-electron chi connectivity index (χ2n) is 3.76. The van der Waals surface area contributed by atoms with E-state index in [1.54, 1.807) is 18.7 Å². The van der Waals surface area contributed by atoms with Crippen molar-refractivity contribution in [1.82, 2.24) is 9.97 Å². The highest BCUT2D eigenvalue weighted by Gasteiger charge is 2.12. The van der Waals surface area contributed by atoms with Gasteiger partial charge in [-0.1, -0.05) is 13.8 Å². The molecule has 1 rings (SSSR count). The standard InChI is InChI=1S/C11H17BrN2OS/c1-4-5-10-13-9(12)6-11(14-10)16-8(3)7(2)15/h6-8,15H,4-5H2,1-3H3. The van der Waals surface area contributed by atoms with E-state index in [-0.39, 0.29) is 11.4 Å². The normalized spacial score (nSPS) is 14.8. The first kappa shape index (κ1) is 13.9. The maximum Gasteiger partial charge on any atom is 0.130 e. The van der Waals surface area contributed by atoms with Crippen LogP contribution in [0.25, 0.3) is 0 Å². The Kier molecular flexibility index (Phi) is 5.72. The molecule has 3 nitrogen and oxygen atoms in total. The number of thioether (sulfide) groups is 1. The third-order valence-corrected chi connectivity index (χ3v) is 3.80. The quantitative estimate of drug-likeness (QED) is 0.671. The highest BCUT2D eigenvalue weighted by Crippen LogP contribution is 2.25. The summed E-state index contributed by atoms with van der Waals surface area (Å²) in [4.78, 5) is 8.76. The molecule has 5 heteroatoms. The van der Waals surface area contributed by atoms with Gasteiger partial charge in [-0.25, -0.2) is 9.97 Å². The highest BCUT2D eigenvalue weighted by atomic mass is 79.9. The summed E-state index contributed by atoms with van der Waals surface area (Å²) in [5, 5.41) is 10.5. The average Bonchev–Trinajstić information content (AvgIpc) is 2.16. The first-order chi connectivity index (χ1) is 7.52. The van der Waals surface area contributed by atoms with Crippen LogP contribution in [0.4, 0.5) is 0 Å². The Balaban J connectivity index is 2.79. The van der Waals surface area contributed by atoms with Gasteiger partial charge in [-0.3, -0.25) is 0 Å². The molecule has 0 saturated carbocycles. The van der Waals surface area contributed by atoms with Crippen molar-refractivity contribution >= 4 is 27.7 Å². The van der Waals surface area contributed by atoms with E-state index in [0.717, 1.165) is 28.3 Å². The summed E-state index contributed by atoms with van der Waals surface area (Å²) in [7, 11) is 0. The molecular formula is C11H17BrN2OS. The molecule has 0 fully saturated rings. The van der Waals surface area contributed by atoms with Crippen LogP contribution in [-0.4, -0.2) is 26.4 Å². The zero-order chi connectivity index (χ0) is 12.1. The molecule has 0 aliphatic heterocycles. The molecule has 0 aliphatic rings. The van der Waals surface area contributed by atoms with Gasteiger partial charge in [-0.05, 0) is 29.3 Å². The number of aryl methyl sites for hydroxylation is 1. The Labute approximate surface area is 109 Å². The Morgan fingerprint density at radius 1 is 1.44 bits per heavy atom. The number of halogens is 1. The van der Waals surface area contributed by atoms with Crippen LogP contribution in [0.5, 0.6) is 0 Å². The molecule has 1 aromatic heterocycles. The fraction of sp³-hybridized carbons (Fsp3) is 0.636. The molecule has 1 aromatic rings. The van der Waals surface area contributed by atoms with E-state index >= 15 is 0 Å². The minimum absolute atomic E-state index is 0.135. The first-order valence-corrected chi connectivity index (χ1v) is 7.08. The van der Waals surface area contributed by atoms with Crippen LogP contribution in [0.1, 0.15) is 33.0 Å². The molecule has 2 atom stereocenters. The van der Waals surface area contributed by atoms with Gasteiger partial charge in [0.1, 0.15) is 15.5 Å². The predicted molar refractivity (Wildman–Crippen MR) is 70.7 cm³/mol. The predicted octanol–water partition coefficient (Wildman–Crippen LogP) is 3.05. The molecule has 16 heavy (non-hydrogen) atoms. The van der Waals surface area contributed by atoms with Gasteiger partial charge in [0.25, 0.3) is 0 Å². The molecule has 2 unspecified atom stereocenters. The summed E-state index contributed by atoms with van der Waals surface area (Å²) in [6, 6.07) is 1.89. The topological polar surface area (TPSA) is 46.0 Å². The van der Waals surface area contributed by atoms with E-state index in [0.29, 0.717) is 0 Å². The number of aliphatic hydroxyl groups excluding tert-OH is 1. The summed E-state index contributed by atoms with van der Waals surface area (Å²) < 4.78 is 0.811. The number of nitrogens with zero attached hydrogens (tertiary/aromatic N) is 2. The molecule has 0 saturated heterocycles. The Morgan fingerprint density at radius 3 is 2.69 bits per heavy atom. The molecule has 0 bridgehead atoms. The molecule has 0 aliphatic carbocycles. The van der Waals surface area contributed by atoms with Crippen molar-refractivity contribution in [2.45, 2.75) is 50.0 Å². The van der Waals surface area contributed by atoms with Gasteiger partial charge in [0.2, 0.25) is 0 Å². The number of hydrogen-bond donors (Lipinski definition) is 1. The molecule has 0 amide bonds. The summed E-state index contributed by atoms with van der Waals surface area (Å²) in [5.41, 5.74) is 0. The van der Waals surface area contributed by atoms with Gasteiger partial charge in [-0.2, -0.15) is 0 Å². The van der Waals surface area contributed by atoms with Crippen LogP contribution in [0.3, 0.4) is 0 Å². The summed E-state index contributed by atoms with van der Waals surface area (Å²) in [6.45, 7) is 5.89. The number of aromatic nitrogens is 2. The molecule has 0 spiro atoms. The highest BCUT2D eigenvalue weighted by molar-refractivity contribution is 9.10. The van der Waals surface area contributed by atoms with E-state index in [9.17, 15) is 5.11 Å². The van der Waals surface area contributed by atoms with Crippen LogP contribution < -0.4 is 0 Å². The average molecular weight is 305 g/mol. The van der Waals surface area contributed by atoms with Crippen LogP contribution >= 0.6 is 27.7 Å². The lowest BCUT2D eigenvalue weighted by Gasteiger charge is -2.13. The fourth-order valence-corrected chi connectivity index (χ4v) is 2.62. The fourth-order valence-electron chi connectivity index (χ4n) is 1.13. The van der Waals surface area contributed by atoms with Crippen molar-refractivity contribution in [2.75, 3.05) is 0 Å². The monoisotopic (exact) mass is 304 g/mol. The van der Waals surface area contributed by atoms with Gasteiger partial charge in [0.05, 0.1) is 6.10 Å². The lowest BCUT2D eigenvalue weighted by molar-refractivity contribution is 0.196. The summed E-state index contributed by atoms with van der Waals surface area (Å²) in [6.07, 6.45) is 1.58. The van der Waals surface area contributed by atoms with Crippen molar-refractivity contribution in [3.8, 4) is 0 Å². The number of aliphatic hydroxyl groups is 1. The summed E-state index contributed by atoms with van der Waals surface area (Å²) >= 11 is 4.96. The third kappa shape index (κ3) is 4.39. The number of rotatable bonds is 5. The minimum atomic E-state index is -0.339. The maximum atomic E-state index is 9.45. The van der Waals surface area contributed by atoms with Gasteiger partial charge in [0, 0.05) is 17.7 Å². The minimum Gasteiger partial charge on any atom is -0.392 e. The van der Waals surface area contributed by atoms with E-state index in [1.165, 1.54) is 0 Å². The second-order valence-corrected chi connectivity index (χ2v) is 5.97. The lowest BCUT2D eigenvalue weighted by Crippen LogP contribution is -2.15. The van der Waals surface area contributed by atoms with Gasteiger partial charge < -0.3 is 5.11 Å². The molecule has 1 heterocycles. The van der Waals surface area contributed by atoms with E-state index in [4.69, 9.17) is 0 Å². The van der Waals surface area contributed by atoms with Crippen LogP contribution in [0.2, 0.25) is 0 Å². The maximum absolute atomic E-state index is 9.45. The Hall–Kier alpha value is -0.130. The second kappa shape index (κ2) is 6.57. The van der Waals surface area contributed by atoms with E-state index < -0.39 is 0 Å².